The van der Waals surface area contributed by atoms with Crippen LogP contribution in [-0.2, 0) is 9.53 Å². The van der Waals surface area contributed by atoms with Gasteiger partial charge in [-0.3, -0.25) is 14.5 Å². The molecular formula is C26H28N2O5S. The van der Waals surface area contributed by atoms with Crippen molar-refractivity contribution in [2.24, 2.45) is 0 Å². The number of nitrogens with one attached hydrogen (secondary N) is 1. The van der Waals surface area contributed by atoms with E-state index in [1.807, 2.05) is 47.8 Å². The van der Waals surface area contributed by atoms with Crippen LogP contribution in [0.25, 0.3) is 0 Å². The lowest BCUT2D eigenvalue weighted by Crippen LogP contribution is -2.45. The number of amides is 2. The summed E-state index contributed by atoms with van der Waals surface area (Å²) in [7, 11) is 3.06. The van der Waals surface area contributed by atoms with E-state index in [1.165, 1.54) is 23.3 Å². The molecule has 1 aliphatic heterocycles. The van der Waals surface area contributed by atoms with Gasteiger partial charge < -0.3 is 19.5 Å². The second-order valence-corrected chi connectivity index (χ2v) is 8.86. The summed E-state index contributed by atoms with van der Waals surface area (Å²) in [5.41, 5.74) is 1.00. The summed E-state index contributed by atoms with van der Waals surface area (Å²) in [6.07, 6.45) is 1.90. The maximum Gasteiger partial charge on any atom is 0.259 e. The van der Waals surface area contributed by atoms with Crippen LogP contribution in [0.15, 0.2) is 66.0 Å². The number of ether oxygens (including phenoxy) is 3. The van der Waals surface area contributed by atoms with Gasteiger partial charge in [0.25, 0.3) is 5.91 Å². The number of anilines is 1. The first-order valence-electron chi connectivity index (χ1n) is 11.2. The summed E-state index contributed by atoms with van der Waals surface area (Å²) in [5.74, 6) is 0.389. The third-order valence-electron chi connectivity index (χ3n) is 5.73. The van der Waals surface area contributed by atoms with E-state index in [4.69, 9.17) is 14.2 Å². The number of thiophene rings is 1. The molecule has 2 atom stereocenters. The van der Waals surface area contributed by atoms with E-state index in [9.17, 15) is 9.59 Å². The third kappa shape index (κ3) is 5.24. The molecule has 2 heterocycles. The Kier molecular flexibility index (Phi) is 7.82. The third-order valence-corrected chi connectivity index (χ3v) is 6.66. The fourth-order valence-electron chi connectivity index (χ4n) is 4.02. The van der Waals surface area contributed by atoms with Gasteiger partial charge in [0.05, 0.1) is 20.3 Å². The van der Waals surface area contributed by atoms with E-state index in [2.05, 4.69) is 5.32 Å². The highest BCUT2D eigenvalue weighted by molar-refractivity contribution is 7.10. The van der Waals surface area contributed by atoms with E-state index in [1.54, 1.807) is 25.3 Å². The van der Waals surface area contributed by atoms with Crippen molar-refractivity contribution in [3.63, 3.8) is 0 Å². The molecule has 0 unspecified atom stereocenters. The average Bonchev–Trinajstić information content (AvgIpc) is 3.60. The first-order valence-corrected chi connectivity index (χ1v) is 12.0. The number of nitrogens with zero attached hydrogens (tertiary/aromatic N) is 1. The molecule has 7 nitrogen and oxygen atoms in total. The Hall–Kier alpha value is -3.36. The van der Waals surface area contributed by atoms with E-state index in [0.717, 1.165) is 17.7 Å². The number of methoxy groups -OCH3 is 2. The standard InChI is InChI=1S/C26H28N2O5S/c1-31-21-13-12-18(16-22(21)32-2)26(30)28(19-8-4-3-5-9-19)24(23-11-7-15-34-23)25(29)27-17-20-10-6-14-33-20/h3-5,7-9,11-13,15-16,20,24H,6,10,14,17H2,1-2H3,(H,27,29)/t20-,24+/m1/s1. The van der Waals surface area contributed by atoms with E-state index in [-0.39, 0.29) is 17.9 Å². The molecular weight excluding hydrogens is 452 g/mol. The molecule has 0 aliphatic carbocycles. The van der Waals surface area contributed by atoms with Crippen molar-refractivity contribution in [1.29, 1.82) is 0 Å². The highest BCUT2D eigenvalue weighted by atomic mass is 32.1. The second-order valence-electron chi connectivity index (χ2n) is 7.88. The maximum atomic E-state index is 13.9. The van der Waals surface area contributed by atoms with Crippen molar-refractivity contribution in [3.8, 4) is 11.5 Å². The van der Waals surface area contributed by atoms with Gasteiger partial charge >= 0.3 is 0 Å². The summed E-state index contributed by atoms with van der Waals surface area (Å²) in [5, 5.41) is 4.92. The number of carbonyl (C=O) groups is 2. The number of carbonyl (C=O) groups excluding carboxylic acids is 2. The van der Waals surface area contributed by atoms with Gasteiger partial charge in [0.1, 0.15) is 0 Å². The maximum absolute atomic E-state index is 13.9. The van der Waals surface area contributed by atoms with Crippen LogP contribution in [0.2, 0.25) is 0 Å². The summed E-state index contributed by atoms with van der Waals surface area (Å²) >= 11 is 1.44. The molecule has 1 aromatic heterocycles. The highest BCUT2D eigenvalue weighted by Gasteiger charge is 2.35. The van der Waals surface area contributed by atoms with Crippen molar-refractivity contribution < 1.29 is 23.8 Å². The first-order chi connectivity index (χ1) is 16.6. The predicted molar refractivity (Wildman–Crippen MR) is 132 cm³/mol. The molecule has 4 rings (SSSR count). The van der Waals surface area contributed by atoms with E-state index >= 15 is 0 Å². The van der Waals surface area contributed by atoms with Gasteiger partial charge in [0.15, 0.2) is 17.5 Å². The smallest absolute Gasteiger partial charge is 0.259 e. The lowest BCUT2D eigenvalue weighted by atomic mass is 10.1. The van der Waals surface area contributed by atoms with Crippen LogP contribution in [-0.4, -0.2) is 45.3 Å². The Bertz CT molecular complexity index is 1100. The zero-order valence-corrected chi connectivity index (χ0v) is 20.0. The van der Waals surface area contributed by atoms with Gasteiger partial charge in [0.2, 0.25) is 5.91 Å². The van der Waals surface area contributed by atoms with Crippen LogP contribution in [0.1, 0.15) is 34.1 Å². The highest BCUT2D eigenvalue weighted by Crippen LogP contribution is 2.34. The van der Waals surface area contributed by atoms with Gasteiger partial charge in [-0.05, 0) is 54.6 Å². The van der Waals surface area contributed by atoms with Gasteiger partial charge in [0, 0.05) is 29.3 Å². The number of rotatable bonds is 9. The summed E-state index contributed by atoms with van der Waals surface area (Å²) in [6.45, 7) is 1.12. The van der Waals surface area contributed by atoms with Crippen molar-refractivity contribution in [2.45, 2.75) is 25.0 Å². The monoisotopic (exact) mass is 480 g/mol. The van der Waals surface area contributed by atoms with Crippen molar-refractivity contribution in [3.05, 3.63) is 76.5 Å². The van der Waals surface area contributed by atoms with Crippen LogP contribution < -0.4 is 19.7 Å². The lowest BCUT2D eigenvalue weighted by Gasteiger charge is -2.31. The largest absolute Gasteiger partial charge is 0.493 e. The van der Waals surface area contributed by atoms with Crippen molar-refractivity contribution >= 4 is 28.8 Å². The fourth-order valence-corrected chi connectivity index (χ4v) is 4.83. The minimum Gasteiger partial charge on any atom is -0.493 e. The van der Waals surface area contributed by atoms with E-state index < -0.39 is 6.04 Å². The molecule has 1 aliphatic rings. The van der Waals surface area contributed by atoms with Crippen LogP contribution in [0.4, 0.5) is 5.69 Å². The minimum atomic E-state index is -0.843. The molecule has 1 N–H and O–H groups in total. The summed E-state index contributed by atoms with van der Waals surface area (Å²) in [4.78, 5) is 29.8. The Morgan fingerprint density at radius 2 is 1.88 bits per heavy atom. The molecule has 2 amide bonds. The topological polar surface area (TPSA) is 77.1 Å². The number of hydrogen-bond donors (Lipinski definition) is 1. The minimum absolute atomic E-state index is 0.000313. The molecule has 178 valence electrons. The second kappa shape index (κ2) is 11.2. The van der Waals surface area contributed by atoms with Crippen LogP contribution in [0, 0.1) is 0 Å². The normalized spacial score (nSPS) is 16.0. The molecule has 0 bridgehead atoms. The summed E-state index contributed by atoms with van der Waals surface area (Å²) < 4.78 is 16.4. The number of para-hydroxylation sites is 1. The number of hydrogen-bond acceptors (Lipinski definition) is 6. The number of benzene rings is 2. The molecule has 1 saturated heterocycles. The Morgan fingerprint density at radius 1 is 1.09 bits per heavy atom. The Labute approximate surface area is 203 Å². The molecule has 2 aromatic carbocycles. The molecule has 34 heavy (non-hydrogen) atoms. The van der Waals surface area contributed by atoms with Gasteiger partial charge in [-0.1, -0.05) is 24.3 Å². The molecule has 0 radical (unpaired) electrons. The molecule has 8 heteroatoms. The zero-order valence-electron chi connectivity index (χ0n) is 19.2. The molecule has 1 fully saturated rings. The lowest BCUT2D eigenvalue weighted by molar-refractivity contribution is -0.122. The summed E-state index contributed by atoms with van der Waals surface area (Å²) in [6, 6.07) is 17.1. The quantitative estimate of drug-likeness (QED) is 0.490. The fraction of sp³-hybridized carbons (Fsp3) is 0.308. The predicted octanol–water partition coefficient (Wildman–Crippen LogP) is 4.45. The van der Waals surface area contributed by atoms with Crippen molar-refractivity contribution in [2.75, 3.05) is 32.3 Å². The Morgan fingerprint density at radius 3 is 2.53 bits per heavy atom. The molecule has 3 aromatic rings. The Balaban J connectivity index is 1.72. The van der Waals surface area contributed by atoms with E-state index in [0.29, 0.717) is 35.9 Å². The average molecular weight is 481 g/mol. The van der Waals surface area contributed by atoms with Gasteiger partial charge in [-0.25, -0.2) is 0 Å². The SMILES string of the molecule is COc1ccc(C(=O)N(c2ccccc2)[C@H](C(=O)NC[C@H]2CCCO2)c2cccs2)cc1OC. The molecule has 0 saturated carbocycles. The first kappa shape index (κ1) is 23.8. The van der Waals surface area contributed by atoms with Crippen LogP contribution in [0.5, 0.6) is 11.5 Å². The van der Waals surface area contributed by atoms with Crippen LogP contribution >= 0.6 is 11.3 Å². The van der Waals surface area contributed by atoms with Crippen LogP contribution in [0.3, 0.4) is 0 Å². The molecule has 0 spiro atoms. The van der Waals surface area contributed by atoms with Gasteiger partial charge in [-0.15, -0.1) is 11.3 Å². The van der Waals surface area contributed by atoms with Gasteiger partial charge in [-0.2, -0.15) is 0 Å². The zero-order chi connectivity index (χ0) is 23.9. The van der Waals surface area contributed by atoms with Crippen molar-refractivity contribution in [1.82, 2.24) is 5.32 Å².